The van der Waals surface area contributed by atoms with Gasteiger partial charge in [0.1, 0.15) is 11.9 Å². The summed E-state index contributed by atoms with van der Waals surface area (Å²) >= 11 is 0. The number of nitrogens with one attached hydrogen (secondary N) is 1. The molecule has 0 aliphatic rings. The van der Waals surface area contributed by atoms with Gasteiger partial charge >= 0.3 is 0 Å². The maximum Gasteiger partial charge on any atom is 0.231 e. The van der Waals surface area contributed by atoms with Gasteiger partial charge in [0, 0.05) is 24.0 Å². The van der Waals surface area contributed by atoms with Gasteiger partial charge in [0.05, 0.1) is 17.2 Å². The average Bonchev–Trinajstić information content (AvgIpc) is 2.73. The van der Waals surface area contributed by atoms with Crippen LogP contribution in [0.1, 0.15) is 35.4 Å². The molecule has 2 rings (SSSR count). The van der Waals surface area contributed by atoms with E-state index in [0.717, 1.165) is 17.0 Å². The second-order valence-electron chi connectivity index (χ2n) is 5.23. The fraction of sp³-hybridized carbons (Fsp3) is 0.312. The summed E-state index contributed by atoms with van der Waals surface area (Å²) < 4.78 is 15.0. The molecule has 0 saturated heterocycles. The van der Waals surface area contributed by atoms with Crippen LogP contribution in [0.5, 0.6) is 0 Å². The highest BCUT2D eigenvalue weighted by Crippen LogP contribution is 2.24. The van der Waals surface area contributed by atoms with E-state index in [2.05, 4.69) is 10.4 Å². The quantitative estimate of drug-likeness (QED) is 0.947. The molecule has 1 heterocycles. The molecule has 2 aromatic rings. The van der Waals surface area contributed by atoms with Crippen LogP contribution >= 0.6 is 0 Å². The number of amides is 1. The van der Waals surface area contributed by atoms with Crippen molar-refractivity contribution in [2.24, 2.45) is 7.05 Å². The monoisotopic (exact) mass is 300 g/mol. The van der Waals surface area contributed by atoms with Crippen molar-refractivity contribution < 1.29 is 9.18 Å². The summed E-state index contributed by atoms with van der Waals surface area (Å²) in [4.78, 5) is 12.4. The van der Waals surface area contributed by atoms with E-state index in [1.54, 1.807) is 17.7 Å². The molecule has 1 amide bonds. The Bertz CT molecular complexity index is 773. The van der Waals surface area contributed by atoms with Crippen LogP contribution in [-0.4, -0.2) is 15.7 Å². The smallest absolute Gasteiger partial charge is 0.231 e. The van der Waals surface area contributed by atoms with E-state index >= 15 is 0 Å². The van der Waals surface area contributed by atoms with Crippen molar-refractivity contribution in [3.05, 3.63) is 46.5 Å². The van der Waals surface area contributed by atoms with Gasteiger partial charge in [-0.15, -0.1) is 0 Å². The molecule has 0 bridgehead atoms. The summed E-state index contributed by atoms with van der Waals surface area (Å²) in [5.74, 6) is -1.23. The van der Waals surface area contributed by atoms with Crippen molar-refractivity contribution in [3.63, 3.8) is 0 Å². The van der Waals surface area contributed by atoms with E-state index in [9.17, 15) is 9.18 Å². The Labute approximate surface area is 128 Å². The lowest BCUT2D eigenvalue weighted by Gasteiger charge is -2.13. The van der Waals surface area contributed by atoms with Crippen LogP contribution in [0.25, 0.3) is 0 Å². The molecule has 5 nitrogen and oxygen atoms in total. The van der Waals surface area contributed by atoms with Crippen LogP contribution < -0.4 is 5.32 Å². The molecule has 22 heavy (non-hydrogen) atoms. The lowest BCUT2D eigenvalue weighted by atomic mass is 9.98. The fourth-order valence-electron chi connectivity index (χ4n) is 2.49. The van der Waals surface area contributed by atoms with Crippen LogP contribution in [-0.2, 0) is 11.8 Å². The van der Waals surface area contributed by atoms with Crippen LogP contribution in [0.15, 0.2) is 18.2 Å². The largest absolute Gasteiger partial charge is 0.326 e. The maximum atomic E-state index is 13.3. The third-order valence-electron chi connectivity index (χ3n) is 3.75. The number of aromatic nitrogens is 2. The van der Waals surface area contributed by atoms with E-state index in [-0.39, 0.29) is 11.5 Å². The minimum Gasteiger partial charge on any atom is -0.326 e. The second-order valence-corrected chi connectivity index (χ2v) is 5.23. The molecule has 0 radical (unpaired) electrons. The van der Waals surface area contributed by atoms with E-state index in [1.807, 2.05) is 20.9 Å². The summed E-state index contributed by atoms with van der Waals surface area (Å²) in [5.41, 5.74) is 2.91. The molecular formula is C16H17FN4O. The fourth-order valence-corrected chi connectivity index (χ4v) is 2.49. The third kappa shape index (κ3) is 2.84. The molecule has 0 aliphatic heterocycles. The first-order valence-electron chi connectivity index (χ1n) is 6.85. The Hall–Kier alpha value is -2.68. The highest BCUT2D eigenvalue weighted by molar-refractivity contribution is 5.96. The van der Waals surface area contributed by atoms with Crippen molar-refractivity contribution in [2.75, 3.05) is 5.32 Å². The Balaban J connectivity index is 2.24. The maximum absolute atomic E-state index is 13.3. The summed E-state index contributed by atoms with van der Waals surface area (Å²) in [6.45, 7) is 5.56. The van der Waals surface area contributed by atoms with Crippen LogP contribution in [0.3, 0.4) is 0 Å². The van der Waals surface area contributed by atoms with Gasteiger partial charge in [-0.1, -0.05) is 0 Å². The van der Waals surface area contributed by atoms with Crippen molar-refractivity contribution in [2.45, 2.75) is 26.7 Å². The molecule has 1 atom stereocenters. The molecule has 6 heteroatoms. The van der Waals surface area contributed by atoms with Gasteiger partial charge < -0.3 is 5.32 Å². The number of anilines is 1. The first-order valence-corrected chi connectivity index (χ1v) is 6.85. The van der Waals surface area contributed by atoms with E-state index in [4.69, 9.17) is 5.26 Å². The first kappa shape index (κ1) is 15.7. The molecule has 1 N–H and O–H groups in total. The topological polar surface area (TPSA) is 70.7 Å². The van der Waals surface area contributed by atoms with Gasteiger partial charge in [0.25, 0.3) is 0 Å². The third-order valence-corrected chi connectivity index (χ3v) is 3.75. The van der Waals surface area contributed by atoms with Crippen LogP contribution in [0, 0.1) is 31.0 Å². The van der Waals surface area contributed by atoms with Gasteiger partial charge in [-0.25, -0.2) is 4.39 Å². The molecule has 0 saturated carbocycles. The number of halogens is 1. The summed E-state index contributed by atoms with van der Waals surface area (Å²) in [7, 11) is 1.83. The number of carbonyl (C=O) groups excluding carboxylic acids is 1. The highest BCUT2D eigenvalue weighted by Gasteiger charge is 2.22. The zero-order valence-electron chi connectivity index (χ0n) is 12.9. The summed E-state index contributed by atoms with van der Waals surface area (Å²) in [6, 6.07) is 5.67. The standard InChI is InChI=1S/C16H17FN4O/c1-9(15-10(2)20-21(4)11(15)3)16(22)19-13-5-6-14(17)12(7-13)8-18/h5-7,9H,1-4H3,(H,19,22). The number of nitriles is 1. The number of rotatable bonds is 3. The Kier molecular flexibility index (Phi) is 4.27. The zero-order chi connectivity index (χ0) is 16.4. The Morgan fingerprint density at radius 3 is 2.68 bits per heavy atom. The molecule has 0 aliphatic carbocycles. The van der Waals surface area contributed by atoms with Gasteiger partial charge in [0.15, 0.2) is 0 Å². The van der Waals surface area contributed by atoms with Crippen molar-refractivity contribution in [1.29, 1.82) is 5.26 Å². The summed E-state index contributed by atoms with van der Waals surface area (Å²) in [5, 5.41) is 15.8. The number of carbonyl (C=O) groups is 1. The average molecular weight is 300 g/mol. The number of aryl methyl sites for hydroxylation is 2. The SMILES string of the molecule is Cc1nn(C)c(C)c1C(C)C(=O)Nc1ccc(F)c(C#N)c1. The lowest BCUT2D eigenvalue weighted by Crippen LogP contribution is -2.20. The number of hydrogen-bond donors (Lipinski definition) is 1. The zero-order valence-corrected chi connectivity index (χ0v) is 12.9. The normalized spacial score (nSPS) is 11.8. The minimum atomic E-state index is -0.604. The lowest BCUT2D eigenvalue weighted by molar-refractivity contribution is -0.117. The molecule has 1 unspecified atom stereocenters. The molecule has 1 aromatic heterocycles. The van der Waals surface area contributed by atoms with Crippen molar-refractivity contribution in [1.82, 2.24) is 9.78 Å². The molecule has 0 spiro atoms. The van der Waals surface area contributed by atoms with E-state index in [1.165, 1.54) is 18.2 Å². The number of hydrogen-bond acceptors (Lipinski definition) is 3. The van der Waals surface area contributed by atoms with Gasteiger partial charge in [-0.05, 0) is 39.0 Å². The van der Waals surface area contributed by atoms with Gasteiger partial charge in [-0.2, -0.15) is 10.4 Å². The summed E-state index contributed by atoms with van der Waals surface area (Å²) in [6.07, 6.45) is 0. The van der Waals surface area contributed by atoms with Crippen molar-refractivity contribution >= 4 is 11.6 Å². The number of nitrogens with zero attached hydrogens (tertiary/aromatic N) is 3. The first-order chi connectivity index (χ1) is 10.3. The predicted octanol–water partition coefficient (Wildman–Crippen LogP) is 2.79. The molecule has 114 valence electrons. The molecule has 1 aromatic carbocycles. The molecular weight excluding hydrogens is 283 g/mol. The molecule has 0 fully saturated rings. The van der Waals surface area contributed by atoms with E-state index < -0.39 is 11.7 Å². The van der Waals surface area contributed by atoms with Gasteiger partial charge in [0.2, 0.25) is 5.91 Å². The van der Waals surface area contributed by atoms with Crippen LogP contribution in [0.2, 0.25) is 0 Å². The highest BCUT2D eigenvalue weighted by atomic mass is 19.1. The predicted molar refractivity (Wildman–Crippen MR) is 80.8 cm³/mol. The van der Waals surface area contributed by atoms with Crippen molar-refractivity contribution in [3.8, 4) is 6.07 Å². The Morgan fingerprint density at radius 2 is 2.14 bits per heavy atom. The number of benzene rings is 1. The second kappa shape index (κ2) is 5.98. The Morgan fingerprint density at radius 1 is 1.45 bits per heavy atom. The van der Waals surface area contributed by atoms with Gasteiger partial charge in [-0.3, -0.25) is 9.48 Å². The minimum absolute atomic E-state index is 0.0980. The van der Waals surface area contributed by atoms with E-state index in [0.29, 0.717) is 5.69 Å². The van der Waals surface area contributed by atoms with Crippen LogP contribution in [0.4, 0.5) is 10.1 Å².